The molecule has 1 aromatic carbocycles. The summed E-state index contributed by atoms with van der Waals surface area (Å²) in [6, 6.07) is 4.77. The number of hydrogen-bond donors (Lipinski definition) is 2. The lowest BCUT2D eigenvalue weighted by atomic mass is 10.2. The molecule has 4 nitrogen and oxygen atoms in total. The van der Waals surface area contributed by atoms with E-state index in [1.807, 2.05) is 0 Å². The van der Waals surface area contributed by atoms with E-state index in [1.165, 1.54) is 0 Å². The average molecular weight is 289 g/mol. The number of carbonyl (C=O) groups excluding carboxylic acids is 1. The van der Waals surface area contributed by atoms with Crippen LogP contribution in [-0.4, -0.2) is 18.2 Å². The Kier molecular flexibility index (Phi) is 4.32. The van der Waals surface area contributed by atoms with Crippen molar-refractivity contribution >= 4 is 35.0 Å². The number of amides is 1. The largest absolute Gasteiger partial charge is 0.444 e. The lowest BCUT2D eigenvalue weighted by molar-refractivity contribution is 0.105. The van der Waals surface area contributed by atoms with E-state index in [0.29, 0.717) is 15.7 Å². The molecule has 1 amide bonds. The second-order valence-corrected chi connectivity index (χ2v) is 5.11. The number of benzene rings is 1. The van der Waals surface area contributed by atoms with E-state index in [9.17, 15) is 4.79 Å². The second-order valence-electron chi connectivity index (χ2n) is 4.29. The molecule has 6 heteroatoms. The minimum atomic E-state index is -0.518. The summed E-state index contributed by atoms with van der Waals surface area (Å²) in [5, 5.41) is 3.42. The van der Waals surface area contributed by atoms with Crippen molar-refractivity contribution in [2.75, 3.05) is 5.32 Å². The molecule has 0 spiro atoms. The number of anilines is 1. The highest BCUT2D eigenvalue weighted by Gasteiger charge is 2.27. The third-order valence-corrected chi connectivity index (χ3v) is 3.67. The van der Waals surface area contributed by atoms with Crippen molar-refractivity contribution in [3.8, 4) is 0 Å². The molecule has 0 aromatic heterocycles. The highest BCUT2D eigenvalue weighted by Crippen LogP contribution is 2.25. The summed E-state index contributed by atoms with van der Waals surface area (Å²) in [7, 11) is 0. The van der Waals surface area contributed by atoms with Crippen LogP contribution in [0.2, 0.25) is 10.0 Å². The van der Waals surface area contributed by atoms with Gasteiger partial charge in [0, 0.05) is 11.7 Å². The second kappa shape index (κ2) is 5.78. The van der Waals surface area contributed by atoms with Crippen molar-refractivity contribution in [2.45, 2.75) is 31.4 Å². The van der Waals surface area contributed by atoms with Crippen molar-refractivity contribution in [3.63, 3.8) is 0 Å². The molecule has 18 heavy (non-hydrogen) atoms. The molecule has 0 heterocycles. The van der Waals surface area contributed by atoms with E-state index >= 15 is 0 Å². The smallest absolute Gasteiger partial charge is 0.411 e. The van der Waals surface area contributed by atoms with Gasteiger partial charge < -0.3 is 10.5 Å². The van der Waals surface area contributed by atoms with Crippen LogP contribution >= 0.6 is 23.2 Å². The van der Waals surface area contributed by atoms with E-state index in [2.05, 4.69) is 5.32 Å². The Labute approximate surface area is 115 Å². The van der Waals surface area contributed by atoms with Gasteiger partial charge in [-0.1, -0.05) is 23.2 Å². The van der Waals surface area contributed by atoms with Crippen LogP contribution in [-0.2, 0) is 4.74 Å². The van der Waals surface area contributed by atoms with Gasteiger partial charge in [-0.05, 0) is 37.5 Å². The lowest BCUT2D eigenvalue weighted by Crippen LogP contribution is -2.34. The number of nitrogens with two attached hydrogens (primary N) is 1. The van der Waals surface area contributed by atoms with E-state index in [0.717, 1.165) is 19.3 Å². The molecular formula is C12H14Cl2N2O2. The van der Waals surface area contributed by atoms with Crippen molar-refractivity contribution in [1.82, 2.24) is 0 Å². The maximum atomic E-state index is 11.6. The third-order valence-electron chi connectivity index (χ3n) is 2.93. The van der Waals surface area contributed by atoms with Gasteiger partial charge in [0.15, 0.2) is 0 Å². The zero-order valence-corrected chi connectivity index (χ0v) is 11.2. The van der Waals surface area contributed by atoms with Crippen LogP contribution in [0.5, 0.6) is 0 Å². The van der Waals surface area contributed by atoms with Crippen LogP contribution in [0.1, 0.15) is 19.3 Å². The lowest BCUT2D eigenvalue weighted by Gasteiger charge is -2.16. The first-order valence-electron chi connectivity index (χ1n) is 5.74. The molecule has 98 valence electrons. The third kappa shape index (κ3) is 3.28. The first kappa shape index (κ1) is 13.5. The summed E-state index contributed by atoms with van der Waals surface area (Å²) in [5.74, 6) is 0. The molecular weight excluding hydrogens is 275 g/mol. The van der Waals surface area contributed by atoms with Gasteiger partial charge >= 0.3 is 6.09 Å². The normalized spacial score (nSPS) is 22.8. The minimum Gasteiger partial charge on any atom is -0.444 e. The quantitative estimate of drug-likeness (QED) is 0.876. The zero-order valence-electron chi connectivity index (χ0n) is 9.66. The number of hydrogen-bond acceptors (Lipinski definition) is 3. The first-order valence-corrected chi connectivity index (χ1v) is 6.50. The topological polar surface area (TPSA) is 64.3 Å². The van der Waals surface area contributed by atoms with Gasteiger partial charge in [0.05, 0.1) is 10.0 Å². The summed E-state index contributed by atoms with van der Waals surface area (Å²) in [4.78, 5) is 11.6. The maximum absolute atomic E-state index is 11.6. The van der Waals surface area contributed by atoms with Crippen molar-refractivity contribution < 1.29 is 9.53 Å². The predicted molar refractivity (Wildman–Crippen MR) is 72.2 cm³/mol. The van der Waals surface area contributed by atoms with Crippen LogP contribution < -0.4 is 11.1 Å². The Bertz CT molecular complexity index is 454. The standard InChI is InChI=1S/C12H14Cl2N2O2/c13-8-5-4-7(6-9(8)14)16-12(17)18-11-3-1-2-10(11)15/h4-6,10-11H,1-3,15H2,(H,16,17). The van der Waals surface area contributed by atoms with Crippen LogP contribution in [0.25, 0.3) is 0 Å². The molecule has 2 rings (SSSR count). The molecule has 2 unspecified atom stereocenters. The molecule has 2 atom stereocenters. The summed E-state index contributed by atoms with van der Waals surface area (Å²) < 4.78 is 5.25. The van der Waals surface area contributed by atoms with Crippen molar-refractivity contribution in [2.24, 2.45) is 5.73 Å². The van der Waals surface area contributed by atoms with Gasteiger partial charge in [0.2, 0.25) is 0 Å². The molecule has 0 bridgehead atoms. The van der Waals surface area contributed by atoms with E-state index in [-0.39, 0.29) is 12.1 Å². The van der Waals surface area contributed by atoms with E-state index in [4.69, 9.17) is 33.7 Å². The fraction of sp³-hybridized carbons (Fsp3) is 0.417. The molecule has 3 N–H and O–H groups in total. The first-order chi connectivity index (χ1) is 8.56. The Balaban J connectivity index is 1.92. The fourth-order valence-electron chi connectivity index (χ4n) is 1.96. The van der Waals surface area contributed by atoms with Gasteiger partial charge in [-0.2, -0.15) is 0 Å². The predicted octanol–water partition coefficient (Wildman–Crippen LogP) is 3.42. The summed E-state index contributed by atoms with van der Waals surface area (Å²) in [6.07, 6.45) is 1.98. The van der Waals surface area contributed by atoms with Crippen LogP contribution in [0, 0.1) is 0 Å². The van der Waals surface area contributed by atoms with Gasteiger partial charge in [0.25, 0.3) is 0 Å². The maximum Gasteiger partial charge on any atom is 0.411 e. The molecule has 1 saturated carbocycles. The molecule has 0 aliphatic heterocycles. The number of rotatable bonds is 2. The van der Waals surface area contributed by atoms with Gasteiger partial charge in [0.1, 0.15) is 6.10 Å². The fourth-order valence-corrected chi connectivity index (χ4v) is 2.26. The number of nitrogens with one attached hydrogen (secondary N) is 1. The highest BCUT2D eigenvalue weighted by molar-refractivity contribution is 6.42. The Morgan fingerprint density at radius 3 is 2.72 bits per heavy atom. The Morgan fingerprint density at radius 2 is 2.11 bits per heavy atom. The number of carbonyl (C=O) groups is 1. The molecule has 0 saturated heterocycles. The van der Waals surface area contributed by atoms with Crippen LogP contribution in [0.4, 0.5) is 10.5 Å². The monoisotopic (exact) mass is 288 g/mol. The Hall–Kier alpha value is -0.970. The number of ether oxygens (including phenoxy) is 1. The van der Waals surface area contributed by atoms with E-state index < -0.39 is 6.09 Å². The highest BCUT2D eigenvalue weighted by atomic mass is 35.5. The summed E-state index contributed by atoms with van der Waals surface area (Å²) >= 11 is 11.6. The van der Waals surface area contributed by atoms with Crippen molar-refractivity contribution in [3.05, 3.63) is 28.2 Å². The van der Waals surface area contributed by atoms with Gasteiger partial charge in [-0.15, -0.1) is 0 Å². The molecule has 1 fully saturated rings. The van der Waals surface area contributed by atoms with E-state index in [1.54, 1.807) is 18.2 Å². The molecule has 1 aromatic rings. The number of halogens is 2. The summed E-state index contributed by atoms with van der Waals surface area (Å²) in [5.41, 5.74) is 6.36. The SMILES string of the molecule is NC1CCCC1OC(=O)Nc1ccc(Cl)c(Cl)c1. The van der Waals surface area contributed by atoms with Crippen LogP contribution in [0.15, 0.2) is 18.2 Å². The van der Waals surface area contributed by atoms with Gasteiger partial charge in [-0.25, -0.2) is 4.79 Å². The van der Waals surface area contributed by atoms with Gasteiger partial charge in [-0.3, -0.25) is 5.32 Å². The zero-order chi connectivity index (χ0) is 13.1. The minimum absolute atomic E-state index is 0.0652. The molecule has 0 radical (unpaired) electrons. The Morgan fingerprint density at radius 1 is 1.33 bits per heavy atom. The molecule has 1 aliphatic rings. The van der Waals surface area contributed by atoms with Crippen LogP contribution in [0.3, 0.4) is 0 Å². The van der Waals surface area contributed by atoms with Crippen molar-refractivity contribution in [1.29, 1.82) is 0 Å². The molecule has 1 aliphatic carbocycles. The average Bonchev–Trinajstić information content (AvgIpc) is 2.70. The summed E-state index contributed by atoms with van der Waals surface area (Å²) in [6.45, 7) is 0.